The third-order valence-electron chi connectivity index (χ3n) is 5.68. The van der Waals surface area contributed by atoms with Gasteiger partial charge in [-0.2, -0.15) is 4.98 Å². The molecule has 7 heteroatoms. The first-order valence-corrected chi connectivity index (χ1v) is 11.3. The minimum Gasteiger partial charge on any atom is -0.439 e. The molecule has 30 heavy (non-hydrogen) atoms. The van der Waals surface area contributed by atoms with Gasteiger partial charge in [-0.15, -0.1) is 11.3 Å². The second kappa shape index (κ2) is 8.71. The highest BCUT2D eigenvalue weighted by Crippen LogP contribution is 2.32. The van der Waals surface area contributed by atoms with Crippen LogP contribution in [0.3, 0.4) is 0 Å². The summed E-state index contributed by atoms with van der Waals surface area (Å²) in [7, 11) is 0. The fourth-order valence-corrected chi connectivity index (χ4v) is 4.87. The predicted molar refractivity (Wildman–Crippen MR) is 118 cm³/mol. The highest BCUT2D eigenvalue weighted by molar-refractivity contribution is 7.10. The van der Waals surface area contributed by atoms with Gasteiger partial charge in [0.1, 0.15) is 5.75 Å². The Balaban J connectivity index is 1.46. The predicted octanol–water partition coefficient (Wildman–Crippen LogP) is 4.03. The largest absolute Gasteiger partial charge is 0.439 e. The number of morpholine rings is 1. The number of ether oxygens (including phenoxy) is 2. The van der Waals surface area contributed by atoms with Gasteiger partial charge in [0.15, 0.2) is 0 Å². The van der Waals surface area contributed by atoms with Crippen LogP contribution in [-0.4, -0.2) is 47.7 Å². The van der Waals surface area contributed by atoms with Crippen molar-refractivity contribution in [2.24, 2.45) is 0 Å². The Labute approximate surface area is 181 Å². The number of rotatable bonds is 5. The van der Waals surface area contributed by atoms with Gasteiger partial charge in [0, 0.05) is 44.0 Å². The molecule has 156 valence electrons. The van der Waals surface area contributed by atoms with Crippen molar-refractivity contribution in [2.45, 2.75) is 26.4 Å². The third kappa shape index (κ3) is 4.19. The van der Waals surface area contributed by atoms with Gasteiger partial charge in [0.25, 0.3) is 0 Å². The van der Waals surface area contributed by atoms with E-state index in [0.717, 1.165) is 62.1 Å². The van der Waals surface area contributed by atoms with E-state index in [1.807, 2.05) is 41.7 Å². The summed E-state index contributed by atoms with van der Waals surface area (Å²) in [6, 6.07) is 12.1. The molecule has 2 aromatic heterocycles. The third-order valence-corrected chi connectivity index (χ3v) is 6.68. The average Bonchev–Trinajstić information content (AvgIpc) is 3.19. The number of para-hydroxylation sites is 1. The number of hydrogen-bond acceptors (Lipinski definition) is 7. The standard InChI is InChI=1S/C23H26N4O2S/c1-17-8-14-30-21(17)16-26-9-7-20-19(15-26)22(29-18-5-3-2-4-6-18)25-23(24-20)27-10-12-28-13-11-27/h2-6,8,14H,7,9-13,15-16H2,1H3. The normalized spacial score (nSPS) is 17.0. The average molecular weight is 423 g/mol. The summed E-state index contributed by atoms with van der Waals surface area (Å²) >= 11 is 1.83. The molecule has 3 aromatic rings. The lowest BCUT2D eigenvalue weighted by molar-refractivity contribution is 0.122. The van der Waals surface area contributed by atoms with Crippen LogP contribution in [0.1, 0.15) is 21.7 Å². The van der Waals surface area contributed by atoms with Crippen molar-refractivity contribution in [3.05, 3.63) is 63.5 Å². The molecule has 2 aliphatic rings. The molecule has 1 fully saturated rings. The molecule has 0 amide bonds. The highest BCUT2D eigenvalue weighted by atomic mass is 32.1. The van der Waals surface area contributed by atoms with Crippen molar-refractivity contribution in [1.82, 2.24) is 14.9 Å². The number of aryl methyl sites for hydroxylation is 1. The van der Waals surface area contributed by atoms with Gasteiger partial charge in [-0.05, 0) is 36.1 Å². The van der Waals surface area contributed by atoms with E-state index in [0.29, 0.717) is 19.1 Å². The second-order valence-electron chi connectivity index (χ2n) is 7.76. The molecule has 0 atom stereocenters. The summed E-state index contributed by atoms with van der Waals surface area (Å²) in [5.41, 5.74) is 3.58. The minimum absolute atomic E-state index is 0.681. The van der Waals surface area contributed by atoms with Crippen LogP contribution in [0.15, 0.2) is 41.8 Å². The summed E-state index contributed by atoms with van der Waals surface area (Å²) in [6.07, 6.45) is 0.908. The first-order valence-electron chi connectivity index (χ1n) is 10.5. The van der Waals surface area contributed by atoms with Crippen molar-refractivity contribution < 1.29 is 9.47 Å². The smallest absolute Gasteiger partial charge is 0.229 e. The maximum atomic E-state index is 6.28. The first kappa shape index (κ1) is 19.5. The zero-order valence-corrected chi connectivity index (χ0v) is 18.0. The van der Waals surface area contributed by atoms with Crippen LogP contribution in [0.4, 0.5) is 5.95 Å². The van der Waals surface area contributed by atoms with E-state index < -0.39 is 0 Å². The van der Waals surface area contributed by atoms with Gasteiger partial charge in [0.05, 0.1) is 24.5 Å². The van der Waals surface area contributed by atoms with Crippen molar-refractivity contribution in [3.63, 3.8) is 0 Å². The summed E-state index contributed by atoms with van der Waals surface area (Å²) in [6.45, 7) is 7.99. The SMILES string of the molecule is Cc1ccsc1CN1CCc2nc(N3CCOCC3)nc(Oc3ccccc3)c2C1. The lowest BCUT2D eigenvalue weighted by Crippen LogP contribution is -2.38. The topological polar surface area (TPSA) is 50.7 Å². The quantitative estimate of drug-likeness (QED) is 0.619. The molecule has 5 rings (SSSR count). The Morgan fingerprint density at radius 1 is 1.07 bits per heavy atom. The van der Waals surface area contributed by atoms with Gasteiger partial charge in [-0.3, -0.25) is 4.90 Å². The maximum absolute atomic E-state index is 6.28. The molecular weight excluding hydrogens is 396 g/mol. The molecule has 0 radical (unpaired) electrons. The monoisotopic (exact) mass is 422 g/mol. The number of hydrogen-bond donors (Lipinski definition) is 0. The molecule has 2 aliphatic heterocycles. The lowest BCUT2D eigenvalue weighted by atomic mass is 10.1. The molecule has 4 heterocycles. The number of thiophene rings is 1. The summed E-state index contributed by atoms with van der Waals surface area (Å²) < 4.78 is 11.8. The molecule has 0 unspecified atom stereocenters. The zero-order valence-electron chi connectivity index (χ0n) is 17.2. The van der Waals surface area contributed by atoms with Crippen molar-refractivity contribution >= 4 is 17.3 Å². The molecule has 6 nitrogen and oxygen atoms in total. The molecule has 0 N–H and O–H groups in total. The molecule has 1 aromatic carbocycles. The Kier molecular flexibility index (Phi) is 5.66. The minimum atomic E-state index is 0.681. The summed E-state index contributed by atoms with van der Waals surface area (Å²) in [5.74, 6) is 2.24. The van der Waals surface area contributed by atoms with Crippen LogP contribution in [0.2, 0.25) is 0 Å². The summed E-state index contributed by atoms with van der Waals surface area (Å²) in [4.78, 5) is 15.9. The Morgan fingerprint density at radius 2 is 1.90 bits per heavy atom. The van der Waals surface area contributed by atoms with E-state index >= 15 is 0 Å². The van der Waals surface area contributed by atoms with Crippen LogP contribution in [0, 0.1) is 6.92 Å². The van der Waals surface area contributed by atoms with Gasteiger partial charge in [0.2, 0.25) is 11.8 Å². The zero-order chi connectivity index (χ0) is 20.3. The Bertz CT molecular complexity index is 1000. The first-order chi connectivity index (χ1) is 14.8. The maximum Gasteiger partial charge on any atom is 0.229 e. The number of benzene rings is 1. The molecule has 0 bridgehead atoms. The van der Waals surface area contributed by atoms with E-state index in [1.165, 1.54) is 10.4 Å². The van der Waals surface area contributed by atoms with E-state index in [4.69, 9.17) is 19.4 Å². The van der Waals surface area contributed by atoms with Gasteiger partial charge < -0.3 is 14.4 Å². The molecular formula is C23H26N4O2S. The Hall–Kier alpha value is -2.48. The van der Waals surface area contributed by atoms with Crippen LogP contribution in [-0.2, 0) is 24.2 Å². The molecule has 0 spiro atoms. The Morgan fingerprint density at radius 3 is 2.67 bits per heavy atom. The fraction of sp³-hybridized carbons (Fsp3) is 0.391. The van der Waals surface area contributed by atoms with Crippen molar-refractivity contribution in [1.29, 1.82) is 0 Å². The molecule has 0 aliphatic carbocycles. The van der Waals surface area contributed by atoms with Crippen molar-refractivity contribution in [3.8, 4) is 11.6 Å². The van der Waals surface area contributed by atoms with Crippen LogP contribution in [0.25, 0.3) is 0 Å². The van der Waals surface area contributed by atoms with E-state index in [9.17, 15) is 0 Å². The van der Waals surface area contributed by atoms with Crippen LogP contribution in [0.5, 0.6) is 11.6 Å². The van der Waals surface area contributed by atoms with Crippen LogP contribution < -0.4 is 9.64 Å². The van der Waals surface area contributed by atoms with Crippen molar-refractivity contribution in [2.75, 3.05) is 37.7 Å². The van der Waals surface area contributed by atoms with Gasteiger partial charge in [-0.1, -0.05) is 18.2 Å². The summed E-state index contributed by atoms with van der Waals surface area (Å²) in [5, 5.41) is 2.17. The number of aromatic nitrogens is 2. The number of anilines is 1. The van der Waals surface area contributed by atoms with E-state index in [-0.39, 0.29) is 0 Å². The van der Waals surface area contributed by atoms with E-state index in [2.05, 4.69) is 28.2 Å². The molecule has 1 saturated heterocycles. The number of nitrogens with zero attached hydrogens (tertiary/aromatic N) is 4. The molecule has 0 saturated carbocycles. The highest BCUT2D eigenvalue weighted by Gasteiger charge is 2.26. The lowest BCUT2D eigenvalue weighted by Gasteiger charge is -2.31. The van der Waals surface area contributed by atoms with E-state index in [1.54, 1.807) is 0 Å². The number of fused-ring (bicyclic) bond motifs is 1. The van der Waals surface area contributed by atoms with Gasteiger partial charge in [-0.25, -0.2) is 4.98 Å². The van der Waals surface area contributed by atoms with Crippen LogP contribution >= 0.6 is 11.3 Å². The second-order valence-corrected chi connectivity index (χ2v) is 8.76. The van der Waals surface area contributed by atoms with Gasteiger partial charge >= 0.3 is 0 Å². The fourth-order valence-electron chi connectivity index (χ4n) is 3.92.